The molecule has 0 saturated carbocycles. The SMILES string of the molecule is C[C@@H](N)c1c(O)cc(F)c(F)c1F.Cl. The quantitative estimate of drug-likeness (QED) is 0.723. The zero-order valence-electron chi connectivity index (χ0n) is 7.22. The maximum absolute atomic E-state index is 12.9. The molecule has 0 radical (unpaired) electrons. The van der Waals surface area contributed by atoms with Crippen LogP contribution in [0.25, 0.3) is 0 Å². The van der Waals surface area contributed by atoms with Crippen LogP contribution in [0.5, 0.6) is 5.75 Å². The van der Waals surface area contributed by atoms with Gasteiger partial charge in [0.1, 0.15) is 5.75 Å². The standard InChI is InChI=1S/C8H8F3NO.ClH/c1-3(12)6-5(13)2-4(9)7(10)8(6)11;/h2-3,13H,12H2,1H3;1H/t3-;/m1./s1. The maximum Gasteiger partial charge on any atom is 0.195 e. The average Bonchev–Trinajstić information content (AvgIpc) is 1.99. The normalized spacial score (nSPS) is 12.1. The van der Waals surface area contributed by atoms with E-state index in [0.717, 1.165) is 0 Å². The summed E-state index contributed by atoms with van der Waals surface area (Å²) in [6.45, 7) is 1.36. The Morgan fingerprint density at radius 1 is 1.29 bits per heavy atom. The van der Waals surface area contributed by atoms with Gasteiger partial charge in [-0.25, -0.2) is 13.2 Å². The summed E-state index contributed by atoms with van der Waals surface area (Å²) in [4.78, 5) is 0. The molecule has 0 unspecified atom stereocenters. The first kappa shape index (κ1) is 13.1. The van der Waals surface area contributed by atoms with Crippen LogP contribution in [0.15, 0.2) is 6.07 Å². The second-order valence-electron chi connectivity index (χ2n) is 2.71. The Morgan fingerprint density at radius 2 is 1.79 bits per heavy atom. The third-order valence-electron chi connectivity index (χ3n) is 1.63. The topological polar surface area (TPSA) is 46.2 Å². The van der Waals surface area contributed by atoms with E-state index >= 15 is 0 Å². The molecule has 0 amide bonds. The van der Waals surface area contributed by atoms with Gasteiger partial charge >= 0.3 is 0 Å². The summed E-state index contributed by atoms with van der Waals surface area (Å²) in [7, 11) is 0. The van der Waals surface area contributed by atoms with Crippen molar-refractivity contribution in [3.05, 3.63) is 29.1 Å². The lowest BCUT2D eigenvalue weighted by atomic mass is 10.1. The van der Waals surface area contributed by atoms with Crippen molar-refractivity contribution in [2.24, 2.45) is 5.73 Å². The molecule has 1 aromatic carbocycles. The predicted octanol–water partition coefficient (Wildman–Crippen LogP) is 2.25. The van der Waals surface area contributed by atoms with Crippen molar-refractivity contribution < 1.29 is 18.3 Å². The number of phenolic OH excluding ortho intramolecular Hbond substituents is 1. The number of halogens is 4. The third-order valence-corrected chi connectivity index (χ3v) is 1.63. The van der Waals surface area contributed by atoms with Gasteiger partial charge < -0.3 is 10.8 Å². The van der Waals surface area contributed by atoms with Crippen LogP contribution in [0.4, 0.5) is 13.2 Å². The molecule has 14 heavy (non-hydrogen) atoms. The minimum atomic E-state index is -1.62. The van der Waals surface area contributed by atoms with E-state index in [-0.39, 0.29) is 12.4 Å². The number of rotatable bonds is 1. The molecule has 0 aromatic heterocycles. The highest BCUT2D eigenvalue weighted by atomic mass is 35.5. The summed E-state index contributed by atoms with van der Waals surface area (Å²) in [6, 6.07) is -0.396. The molecule has 1 atom stereocenters. The van der Waals surface area contributed by atoms with Crippen LogP contribution < -0.4 is 5.73 Å². The molecule has 0 spiro atoms. The number of benzene rings is 1. The molecule has 1 rings (SSSR count). The number of phenols is 1. The Morgan fingerprint density at radius 3 is 2.21 bits per heavy atom. The van der Waals surface area contributed by atoms with Crippen LogP contribution in [-0.2, 0) is 0 Å². The summed E-state index contributed by atoms with van der Waals surface area (Å²) in [5.41, 5.74) is 4.83. The minimum absolute atomic E-state index is 0. The van der Waals surface area contributed by atoms with Crippen molar-refractivity contribution in [3.63, 3.8) is 0 Å². The first-order valence-corrected chi connectivity index (χ1v) is 3.57. The second kappa shape index (κ2) is 4.52. The zero-order valence-corrected chi connectivity index (χ0v) is 8.04. The fourth-order valence-electron chi connectivity index (χ4n) is 1.03. The molecule has 0 saturated heterocycles. The van der Waals surface area contributed by atoms with Crippen molar-refractivity contribution >= 4 is 12.4 Å². The Hall–Kier alpha value is -0.940. The van der Waals surface area contributed by atoms with Gasteiger partial charge in [0.15, 0.2) is 17.5 Å². The van der Waals surface area contributed by atoms with Gasteiger partial charge in [-0.1, -0.05) is 0 Å². The molecule has 0 aliphatic heterocycles. The molecular weight excluding hydrogens is 219 g/mol. The second-order valence-corrected chi connectivity index (χ2v) is 2.71. The van der Waals surface area contributed by atoms with E-state index in [1.165, 1.54) is 6.92 Å². The molecule has 80 valence electrons. The van der Waals surface area contributed by atoms with Crippen molar-refractivity contribution in [3.8, 4) is 5.75 Å². The lowest BCUT2D eigenvalue weighted by Gasteiger charge is -2.10. The largest absolute Gasteiger partial charge is 0.507 e. The average molecular weight is 228 g/mol. The highest BCUT2D eigenvalue weighted by Crippen LogP contribution is 2.28. The fourth-order valence-corrected chi connectivity index (χ4v) is 1.03. The smallest absolute Gasteiger partial charge is 0.195 e. The van der Waals surface area contributed by atoms with E-state index in [2.05, 4.69) is 0 Å². The number of hydrogen-bond donors (Lipinski definition) is 2. The molecule has 1 aromatic rings. The Balaban J connectivity index is 0.00000169. The Labute approximate surface area is 84.9 Å². The summed E-state index contributed by atoms with van der Waals surface area (Å²) < 4.78 is 38.0. The first-order valence-electron chi connectivity index (χ1n) is 3.57. The molecule has 0 heterocycles. The zero-order chi connectivity index (χ0) is 10.2. The summed E-state index contributed by atoms with van der Waals surface area (Å²) in [5, 5.41) is 9.04. The molecular formula is C8H9ClF3NO. The highest BCUT2D eigenvalue weighted by molar-refractivity contribution is 5.85. The van der Waals surface area contributed by atoms with Crippen molar-refractivity contribution in [2.75, 3.05) is 0 Å². The van der Waals surface area contributed by atoms with Crippen molar-refractivity contribution in [1.29, 1.82) is 0 Å². The van der Waals surface area contributed by atoms with E-state index < -0.39 is 34.8 Å². The van der Waals surface area contributed by atoms with Crippen LogP contribution in [0.3, 0.4) is 0 Å². The number of aromatic hydroxyl groups is 1. The summed E-state index contributed by atoms with van der Waals surface area (Å²) in [5.74, 6) is -5.16. The molecule has 0 fully saturated rings. The number of nitrogens with two attached hydrogens (primary N) is 1. The minimum Gasteiger partial charge on any atom is -0.507 e. The maximum atomic E-state index is 12.9. The van der Waals surface area contributed by atoms with E-state index in [4.69, 9.17) is 10.8 Å². The van der Waals surface area contributed by atoms with Gasteiger partial charge in [-0.3, -0.25) is 0 Å². The van der Waals surface area contributed by atoms with Gasteiger partial charge in [-0.15, -0.1) is 12.4 Å². The molecule has 0 bridgehead atoms. The van der Waals surface area contributed by atoms with E-state index in [1.54, 1.807) is 0 Å². The molecule has 0 aliphatic rings. The van der Waals surface area contributed by atoms with E-state index in [9.17, 15) is 13.2 Å². The van der Waals surface area contributed by atoms with Crippen LogP contribution in [0.2, 0.25) is 0 Å². The third kappa shape index (κ3) is 2.10. The van der Waals surface area contributed by atoms with Gasteiger partial charge in [0.25, 0.3) is 0 Å². The first-order chi connectivity index (χ1) is 5.95. The summed E-state index contributed by atoms with van der Waals surface area (Å²) in [6.07, 6.45) is 0. The van der Waals surface area contributed by atoms with Crippen LogP contribution in [0.1, 0.15) is 18.5 Å². The Kier molecular flexibility index (Phi) is 4.22. The van der Waals surface area contributed by atoms with Crippen molar-refractivity contribution in [1.82, 2.24) is 0 Å². The van der Waals surface area contributed by atoms with Crippen LogP contribution in [0, 0.1) is 17.5 Å². The van der Waals surface area contributed by atoms with Gasteiger partial charge in [0, 0.05) is 17.7 Å². The van der Waals surface area contributed by atoms with Crippen LogP contribution >= 0.6 is 12.4 Å². The monoisotopic (exact) mass is 227 g/mol. The summed E-state index contributed by atoms with van der Waals surface area (Å²) >= 11 is 0. The lowest BCUT2D eigenvalue weighted by Crippen LogP contribution is -2.10. The van der Waals surface area contributed by atoms with E-state index in [0.29, 0.717) is 6.07 Å². The molecule has 0 aliphatic carbocycles. The Bertz CT molecular complexity index is 344. The van der Waals surface area contributed by atoms with Crippen LogP contribution in [-0.4, -0.2) is 5.11 Å². The molecule has 6 heteroatoms. The highest BCUT2D eigenvalue weighted by Gasteiger charge is 2.20. The van der Waals surface area contributed by atoms with Gasteiger partial charge in [-0.05, 0) is 6.92 Å². The number of hydrogen-bond acceptors (Lipinski definition) is 2. The van der Waals surface area contributed by atoms with Gasteiger partial charge in [0.2, 0.25) is 0 Å². The molecule has 3 N–H and O–H groups in total. The van der Waals surface area contributed by atoms with E-state index in [1.807, 2.05) is 0 Å². The lowest BCUT2D eigenvalue weighted by molar-refractivity contribution is 0.403. The predicted molar refractivity (Wildman–Crippen MR) is 47.8 cm³/mol. The van der Waals surface area contributed by atoms with Gasteiger partial charge in [-0.2, -0.15) is 0 Å². The van der Waals surface area contributed by atoms with Crippen molar-refractivity contribution in [2.45, 2.75) is 13.0 Å². The fraction of sp³-hybridized carbons (Fsp3) is 0.250. The van der Waals surface area contributed by atoms with Gasteiger partial charge in [0.05, 0.1) is 0 Å². The molecule has 2 nitrogen and oxygen atoms in total.